The highest BCUT2D eigenvalue weighted by Gasteiger charge is 2.44. The summed E-state index contributed by atoms with van der Waals surface area (Å²) in [7, 11) is 0. The minimum Gasteiger partial charge on any atom is -0.394 e. The summed E-state index contributed by atoms with van der Waals surface area (Å²) in [5.41, 5.74) is 0. The molecule has 64 heavy (non-hydrogen) atoms. The van der Waals surface area contributed by atoms with Crippen LogP contribution in [0.4, 0.5) is 0 Å². The van der Waals surface area contributed by atoms with Gasteiger partial charge in [0.25, 0.3) is 0 Å². The first kappa shape index (κ1) is 60.9. The van der Waals surface area contributed by atoms with E-state index in [1.807, 2.05) is 0 Å². The van der Waals surface area contributed by atoms with Gasteiger partial charge in [-0.25, -0.2) is 0 Å². The molecule has 6 N–H and O–H groups in total. The normalized spacial score (nSPS) is 20.0. The van der Waals surface area contributed by atoms with Crippen LogP contribution < -0.4 is 5.32 Å². The van der Waals surface area contributed by atoms with Crippen LogP contribution in [0.5, 0.6) is 0 Å². The van der Waals surface area contributed by atoms with Gasteiger partial charge in [-0.15, -0.1) is 0 Å². The van der Waals surface area contributed by atoms with Crippen LogP contribution in [0.2, 0.25) is 0 Å². The van der Waals surface area contributed by atoms with E-state index in [9.17, 15) is 30.3 Å². The lowest BCUT2D eigenvalue weighted by atomic mass is 9.99. The summed E-state index contributed by atoms with van der Waals surface area (Å²) >= 11 is 0. The first-order chi connectivity index (χ1) is 31.3. The average molecular weight is 910 g/mol. The highest BCUT2D eigenvalue weighted by atomic mass is 16.7. The molecule has 0 aromatic rings. The molecule has 0 radical (unpaired) electrons. The van der Waals surface area contributed by atoms with Crippen LogP contribution in [0.1, 0.15) is 277 Å². The van der Waals surface area contributed by atoms with Crippen molar-refractivity contribution in [3.63, 3.8) is 0 Å². The molecule has 9 nitrogen and oxygen atoms in total. The Balaban J connectivity index is 2.09. The number of unbranched alkanes of at least 4 members (excludes halogenated alkanes) is 36. The molecule has 0 aliphatic carbocycles. The third-order valence-electron chi connectivity index (χ3n) is 13.6. The molecule has 7 unspecified atom stereocenters. The van der Waals surface area contributed by atoms with Crippen molar-refractivity contribution >= 4 is 5.91 Å². The molecular formula is C55H107NO8. The van der Waals surface area contributed by atoms with E-state index in [1.165, 1.54) is 186 Å². The third-order valence-corrected chi connectivity index (χ3v) is 13.6. The second-order valence-electron chi connectivity index (χ2n) is 19.7. The minimum absolute atomic E-state index is 0.138. The van der Waals surface area contributed by atoms with Crippen molar-refractivity contribution in [2.45, 2.75) is 320 Å². The largest absolute Gasteiger partial charge is 0.394 e. The number of carbonyl (C=O) groups is 1. The molecule has 1 aliphatic rings. The number of allylic oxidation sites excluding steroid dienone is 2. The van der Waals surface area contributed by atoms with Gasteiger partial charge in [-0.1, -0.05) is 251 Å². The molecule has 1 saturated heterocycles. The molecule has 7 atom stereocenters. The molecule has 1 fully saturated rings. The molecule has 0 aromatic heterocycles. The Morgan fingerprint density at radius 3 is 1.33 bits per heavy atom. The van der Waals surface area contributed by atoms with E-state index in [1.54, 1.807) is 0 Å². The number of nitrogens with one attached hydrogen (secondary N) is 1. The average Bonchev–Trinajstić information content (AvgIpc) is 3.29. The summed E-state index contributed by atoms with van der Waals surface area (Å²) < 4.78 is 11.3. The fourth-order valence-corrected chi connectivity index (χ4v) is 9.17. The highest BCUT2D eigenvalue weighted by molar-refractivity contribution is 5.76. The SMILES string of the molecule is CCC/C=C\CCCCCCCC(=O)NC(COC1OC(CO)C(O)C(O)C1O)C(O)CCCCCCCCCCCCCCCCCCCCCCCCCCCCCCCCC. The zero-order valence-corrected chi connectivity index (χ0v) is 42.1. The number of aliphatic hydroxyl groups excluding tert-OH is 5. The van der Waals surface area contributed by atoms with Gasteiger partial charge in [0.1, 0.15) is 24.4 Å². The van der Waals surface area contributed by atoms with Crippen molar-refractivity contribution in [2.24, 2.45) is 0 Å². The summed E-state index contributed by atoms with van der Waals surface area (Å²) in [6, 6.07) is -0.719. The minimum atomic E-state index is -1.55. The van der Waals surface area contributed by atoms with Crippen LogP contribution in [-0.4, -0.2) is 87.5 Å². The molecule has 0 spiro atoms. The standard InChI is InChI=1S/C55H107NO8/c1-3-5-7-9-11-13-15-16-17-18-19-20-21-22-23-24-25-26-27-28-29-30-31-32-33-34-35-36-38-40-42-44-49(58)48(47-63-55-54(62)53(61)52(60)50(46-57)64-55)56-51(59)45-43-41-39-37-14-12-10-8-6-4-2/h8,10,48-50,52-55,57-58,60-62H,3-7,9,11-47H2,1-2H3,(H,56,59)/b10-8-. The Labute approximate surface area is 395 Å². The summed E-state index contributed by atoms with van der Waals surface area (Å²) in [6.45, 7) is 3.79. The van der Waals surface area contributed by atoms with Crippen molar-refractivity contribution < 1.29 is 39.8 Å². The van der Waals surface area contributed by atoms with Gasteiger partial charge in [-0.3, -0.25) is 4.79 Å². The highest BCUT2D eigenvalue weighted by Crippen LogP contribution is 2.23. The number of ether oxygens (including phenoxy) is 2. The van der Waals surface area contributed by atoms with Crippen molar-refractivity contribution in [2.75, 3.05) is 13.2 Å². The van der Waals surface area contributed by atoms with E-state index in [4.69, 9.17) is 9.47 Å². The number of hydrogen-bond donors (Lipinski definition) is 6. The summed E-state index contributed by atoms with van der Waals surface area (Å²) in [5, 5.41) is 54.4. The van der Waals surface area contributed by atoms with Gasteiger partial charge < -0.3 is 40.3 Å². The van der Waals surface area contributed by atoms with E-state index < -0.39 is 49.5 Å². The summed E-state index contributed by atoms with van der Waals surface area (Å²) in [4.78, 5) is 12.9. The van der Waals surface area contributed by atoms with Crippen molar-refractivity contribution in [1.82, 2.24) is 5.32 Å². The molecule has 9 heteroatoms. The fourth-order valence-electron chi connectivity index (χ4n) is 9.17. The van der Waals surface area contributed by atoms with Crippen LogP contribution in [-0.2, 0) is 14.3 Å². The number of amides is 1. The smallest absolute Gasteiger partial charge is 0.220 e. The number of rotatable bonds is 48. The molecule has 1 aliphatic heterocycles. The molecule has 0 bridgehead atoms. The van der Waals surface area contributed by atoms with Gasteiger partial charge in [-0.05, 0) is 32.1 Å². The van der Waals surface area contributed by atoms with Gasteiger partial charge in [-0.2, -0.15) is 0 Å². The molecule has 0 aromatic carbocycles. The van der Waals surface area contributed by atoms with Crippen LogP contribution in [0.3, 0.4) is 0 Å². The third kappa shape index (κ3) is 35.1. The first-order valence-corrected chi connectivity index (χ1v) is 27.9. The van der Waals surface area contributed by atoms with Crippen LogP contribution in [0, 0.1) is 0 Å². The van der Waals surface area contributed by atoms with E-state index >= 15 is 0 Å². The Morgan fingerprint density at radius 2 is 0.906 bits per heavy atom. The second-order valence-corrected chi connectivity index (χ2v) is 19.7. The zero-order chi connectivity index (χ0) is 46.6. The van der Waals surface area contributed by atoms with E-state index in [2.05, 4.69) is 31.3 Å². The van der Waals surface area contributed by atoms with Gasteiger partial charge in [0, 0.05) is 6.42 Å². The van der Waals surface area contributed by atoms with Gasteiger partial charge in [0.15, 0.2) is 6.29 Å². The number of carbonyl (C=O) groups excluding carboxylic acids is 1. The van der Waals surface area contributed by atoms with E-state index in [0.717, 1.165) is 64.2 Å². The van der Waals surface area contributed by atoms with Crippen molar-refractivity contribution in [1.29, 1.82) is 0 Å². The second kappa shape index (κ2) is 45.7. The van der Waals surface area contributed by atoms with Crippen LogP contribution in [0.25, 0.3) is 0 Å². The van der Waals surface area contributed by atoms with Gasteiger partial charge in [0.05, 0.1) is 25.4 Å². The van der Waals surface area contributed by atoms with Crippen LogP contribution in [0.15, 0.2) is 12.2 Å². The molecule has 1 rings (SSSR count). The zero-order valence-electron chi connectivity index (χ0n) is 42.1. The summed E-state index contributed by atoms with van der Waals surface area (Å²) in [6.07, 6.45) is 48.4. The maximum atomic E-state index is 12.9. The maximum Gasteiger partial charge on any atom is 0.220 e. The number of aliphatic hydroxyl groups is 5. The molecule has 1 heterocycles. The Kier molecular flexibility index (Phi) is 43.5. The molecule has 380 valence electrons. The van der Waals surface area contributed by atoms with E-state index in [-0.39, 0.29) is 12.5 Å². The lowest BCUT2D eigenvalue weighted by Gasteiger charge is -2.40. The first-order valence-electron chi connectivity index (χ1n) is 27.9. The predicted molar refractivity (Wildman–Crippen MR) is 267 cm³/mol. The molecule has 0 saturated carbocycles. The Hall–Kier alpha value is -1.07. The molecule has 1 amide bonds. The monoisotopic (exact) mass is 910 g/mol. The quantitative estimate of drug-likeness (QED) is 0.0261. The van der Waals surface area contributed by atoms with Crippen molar-refractivity contribution in [3.05, 3.63) is 12.2 Å². The Bertz CT molecular complexity index is 1010. The van der Waals surface area contributed by atoms with Crippen LogP contribution >= 0.6 is 0 Å². The van der Waals surface area contributed by atoms with Gasteiger partial charge in [0.2, 0.25) is 5.91 Å². The topological polar surface area (TPSA) is 149 Å². The predicted octanol–water partition coefficient (Wildman–Crippen LogP) is 13.2. The summed E-state index contributed by atoms with van der Waals surface area (Å²) in [5.74, 6) is -0.153. The fraction of sp³-hybridized carbons (Fsp3) is 0.945. The molecular weight excluding hydrogens is 803 g/mol. The van der Waals surface area contributed by atoms with Crippen molar-refractivity contribution in [3.8, 4) is 0 Å². The van der Waals surface area contributed by atoms with E-state index in [0.29, 0.717) is 12.8 Å². The Morgan fingerprint density at radius 1 is 0.516 bits per heavy atom. The lowest BCUT2D eigenvalue weighted by Crippen LogP contribution is -2.60. The maximum absolute atomic E-state index is 12.9. The number of hydrogen-bond acceptors (Lipinski definition) is 8. The van der Waals surface area contributed by atoms with Gasteiger partial charge >= 0.3 is 0 Å². The lowest BCUT2D eigenvalue weighted by molar-refractivity contribution is -0.302.